The van der Waals surface area contributed by atoms with Crippen LogP contribution in [0.2, 0.25) is 0 Å². The van der Waals surface area contributed by atoms with E-state index in [9.17, 15) is 8.78 Å². The summed E-state index contributed by atoms with van der Waals surface area (Å²) < 4.78 is 27.7. The second-order valence-electron chi connectivity index (χ2n) is 6.19. The van der Waals surface area contributed by atoms with Gasteiger partial charge in [0, 0.05) is 17.5 Å². The molecule has 21 heavy (non-hydrogen) atoms. The van der Waals surface area contributed by atoms with Gasteiger partial charge in [-0.25, -0.2) is 8.78 Å². The van der Waals surface area contributed by atoms with Crippen LogP contribution in [0.15, 0.2) is 23.2 Å². The molecule has 0 unspecified atom stereocenters. The van der Waals surface area contributed by atoms with Crippen molar-refractivity contribution in [3.63, 3.8) is 0 Å². The first-order chi connectivity index (χ1) is 9.94. The molecule has 0 saturated heterocycles. The van der Waals surface area contributed by atoms with Crippen molar-refractivity contribution in [2.45, 2.75) is 38.5 Å². The van der Waals surface area contributed by atoms with Crippen molar-refractivity contribution in [1.82, 2.24) is 5.32 Å². The first-order valence-corrected chi connectivity index (χ1v) is 7.43. The third kappa shape index (κ3) is 3.93. The van der Waals surface area contributed by atoms with Crippen LogP contribution < -0.4 is 11.1 Å². The van der Waals surface area contributed by atoms with Gasteiger partial charge in [0.15, 0.2) is 5.96 Å². The second-order valence-corrected chi connectivity index (χ2v) is 6.19. The Labute approximate surface area is 124 Å². The Bertz CT molecular complexity index is 502. The van der Waals surface area contributed by atoms with Crippen LogP contribution in [-0.2, 0) is 5.41 Å². The Morgan fingerprint density at radius 1 is 1.33 bits per heavy atom. The molecule has 5 heteroatoms. The van der Waals surface area contributed by atoms with Gasteiger partial charge in [-0.1, -0.05) is 19.9 Å². The zero-order chi connectivity index (χ0) is 15.5. The summed E-state index contributed by atoms with van der Waals surface area (Å²) in [7, 11) is 0. The van der Waals surface area contributed by atoms with E-state index in [4.69, 9.17) is 5.73 Å². The summed E-state index contributed by atoms with van der Waals surface area (Å²) in [6.45, 7) is 5.35. The van der Waals surface area contributed by atoms with Crippen molar-refractivity contribution in [2.24, 2.45) is 16.6 Å². The molecule has 3 nitrogen and oxygen atoms in total. The van der Waals surface area contributed by atoms with E-state index in [2.05, 4.69) is 24.2 Å². The molecule has 0 atom stereocenters. The van der Waals surface area contributed by atoms with Crippen molar-refractivity contribution in [2.75, 3.05) is 13.1 Å². The lowest BCUT2D eigenvalue weighted by Gasteiger charge is -2.15. The van der Waals surface area contributed by atoms with E-state index in [1.807, 2.05) is 0 Å². The molecule has 0 heterocycles. The predicted molar refractivity (Wildman–Crippen MR) is 81.2 cm³/mol. The first-order valence-electron chi connectivity index (χ1n) is 7.43. The van der Waals surface area contributed by atoms with Crippen LogP contribution in [0.1, 0.15) is 38.7 Å². The molecule has 0 bridgehead atoms. The predicted octanol–water partition coefficient (Wildman–Crippen LogP) is 2.95. The number of hydrogen-bond donors (Lipinski definition) is 2. The van der Waals surface area contributed by atoms with Crippen LogP contribution >= 0.6 is 0 Å². The second kappa shape index (κ2) is 6.41. The summed E-state index contributed by atoms with van der Waals surface area (Å²) in [5, 5.41) is 3.04. The van der Waals surface area contributed by atoms with Crippen LogP contribution in [0, 0.1) is 17.6 Å². The molecule has 1 aromatic rings. The molecule has 3 N–H and O–H groups in total. The summed E-state index contributed by atoms with van der Waals surface area (Å²) in [6.07, 6.45) is 2.49. The van der Waals surface area contributed by atoms with Gasteiger partial charge in [0.05, 0.1) is 6.54 Å². The van der Waals surface area contributed by atoms with Gasteiger partial charge in [0.1, 0.15) is 11.6 Å². The fourth-order valence-electron chi connectivity index (χ4n) is 2.42. The van der Waals surface area contributed by atoms with Crippen molar-refractivity contribution in [3.05, 3.63) is 35.4 Å². The number of nitrogens with zero attached hydrogens (tertiary/aromatic N) is 1. The Morgan fingerprint density at radius 2 is 1.95 bits per heavy atom. The highest BCUT2D eigenvalue weighted by Gasteiger charge is 2.47. The van der Waals surface area contributed by atoms with Gasteiger partial charge >= 0.3 is 0 Å². The quantitative estimate of drug-likeness (QED) is 0.626. The minimum atomic E-state index is -0.514. The van der Waals surface area contributed by atoms with Gasteiger partial charge in [-0.05, 0) is 37.3 Å². The standard InChI is InChI=1S/C16H23F2N3/c1-11(2)6-9-20-15(19)21-10-16(7-8-16)14-12(17)4-3-5-13(14)18/h3-5,11H,6-10H2,1-2H3,(H3,19,20,21). The fourth-order valence-corrected chi connectivity index (χ4v) is 2.42. The van der Waals surface area contributed by atoms with Crippen LogP contribution in [0.25, 0.3) is 0 Å². The van der Waals surface area contributed by atoms with Crippen molar-refractivity contribution in [3.8, 4) is 0 Å². The Balaban J connectivity index is 1.99. The number of nitrogens with one attached hydrogen (secondary N) is 1. The molecule has 1 saturated carbocycles. The average molecular weight is 295 g/mol. The largest absolute Gasteiger partial charge is 0.370 e. The molecule has 0 amide bonds. The number of halogens is 2. The minimum absolute atomic E-state index is 0.156. The highest BCUT2D eigenvalue weighted by atomic mass is 19.1. The molecule has 1 aliphatic carbocycles. The molecule has 0 spiro atoms. The highest BCUT2D eigenvalue weighted by molar-refractivity contribution is 5.77. The number of guanidine groups is 1. The number of hydrogen-bond acceptors (Lipinski definition) is 1. The SMILES string of the molecule is CC(C)CCNC(N)=NCC1(c2c(F)cccc2F)CC1. The lowest BCUT2D eigenvalue weighted by molar-refractivity contribution is 0.516. The molecule has 0 radical (unpaired) electrons. The van der Waals surface area contributed by atoms with Crippen molar-refractivity contribution < 1.29 is 8.78 Å². The first kappa shape index (κ1) is 15.7. The molecule has 1 fully saturated rings. The maximum absolute atomic E-state index is 13.9. The summed E-state index contributed by atoms with van der Waals surface area (Å²) in [5.41, 5.74) is 5.44. The maximum Gasteiger partial charge on any atom is 0.188 e. The number of benzene rings is 1. The Kier molecular flexibility index (Phi) is 4.80. The zero-order valence-corrected chi connectivity index (χ0v) is 12.6. The Hall–Kier alpha value is -1.65. The zero-order valence-electron chi connectivity index (χ0n) is 12.6. The maximum atomic E-state index is 13.9. The van der Waals surface area contributed by atoms with Crippen molar-refractivity contribution >= 4 is 5.96 Å². The summed E-state index contributed by atoms with van der Waals surface area (Å²) >= 11 is 0. The normalized spacial score (nSPS) is 17.1. The number of rotatable bonds is 6. The van der Waals surface area contributed by atoms with Gasteiger partial charge < -0.3 is 11.1 Å². The molecule has 1 aliphatic rings. The van der Waals surface area contributed by atoms with Crippen LogP contribution in [0.5, 0.6) is 0 Å². The number of aliphatic imine (C=N–C) groups is 1. The lowest BCUT2D eigenvalue weighted by Crippen LogP contribution is -2.34. The van der Waals surface area contributed by atoms with Crippen LogP contribution in [0.3, 0.4) is 0 Å². The highest BCUT2D eigenvalue weighted by Crippen LogP contribution is 2.50. The van der Waals surface area contributed by atoms with Gasteiger partial charge in [-0.15, -0.1) is 0 Å². The summed E-state index contributed by atoms with van der Waals surface area (Å²) in [4.78, 5) is 4.26. The molecule has 2 rings (SSSR count). The number of nitrogens with two attached hydrogens (primary N) is 1. The van der Waals surface area contributed by atoms with Gasteiger partial charge in [0.25, 0.3) is 0 Å². The monoisotopic (exact) mass is 295 g/mol. The molecule has 1 aromatic carbocycles. The topological polar surface area (TPSA) is 50.4 Å². The van der Waals surface area contributed by atoms with E-state index in [-0.39, 0.29) is 5.56 Å². The fraction of sp³-hybridized carbons (Fsp3) is 0.562. The van der Waals surface area contributed by atoms with E-state index >= 15 is 0 Å². The van der Waals surface area contributed by atoms with Gasteiger partial charge in [-0.3, -0.25) is 4.99 Å². The van der Waals surface area contributed by atoms with Gasteiger partial charge in [0.2, 0.25) is 0 Å². The van der Waals surface area contributed by atoms with E-state index in [0.29, 0.717) is 18.4 Å². The summed E-state index contributed by atoms with van der Waals surface area (Å²) in [6, 6.07) is 3.98. The van der Waals surface area contributed by atoms with E-state index in [1.165, 1.54) is 18.2 Å². The van der Waals surface area contributed by atoms with E-state index in [1.54, 1.807) is 0 Å². The average Bonchev–Trinajstić information content (AvgIpc) is 3.17. The van der Waals surface area contributed by atoms with E-state index < -0.39 is 17.0 Å². The Morgan fingerprint density at radius 3 is 2.48 bits per heavy atom. The molecular weight excluding hydrogens is 272 g/mol. The van der Waals surface area contributed by atoms with Gasteiger partial charge in [-0.2, -0.15) is 0 Å². The minimum Gasteiger partial charge on any atom is -0.370 e. The third-order valence-electron chi connectivity index (χ3n) is 3.93. The smallest absolute Gasteiger partial charge is 0.188 e. The van der Waals surface area contributed by atoms with E-state index in [0.717, 1.165) is 25.8 Å². The van der Waals surface area contributed by atoms with Crippen LogP contribution in [0.4, 0.5) is 8.78 Å². The third-order valence-corrected chi connectivity index (χ3v) is 3.93. The van der Waals surface area contributed by atoms with Crippen molar-refractivity contribution in [1.29, 1.82) is 0 Å². The molecule has 0 aromatic heterocycles. The van der Waals surface area contributed by atoms with Crippen LogP contribution in [-0.4, -0.2) is 19.0 Å². The lowest BCUT2D eigenvalue weighted by atomic mass is 9.95. The summed E-state index contributed by atoms with van der Waals surface area (Å²) in [5.74, 6) is -0.0469. The molecule has 116 valence electrons. The molecular formula is C16H23F2N3. The molecule has 0 aliphatic heterocycles.